The van der Waals surface area contributed by atoms with E-state index in [2.05, 4.69) is 67.0 Å². The average molecular weight is 603 g/mol. The molecule has 1 fully saturated rings. The van der Waals surface area contributed by atoms with E-state index < -0.39 is 26.6 Å². The van der Waals surface area contributed by atoms with Crippen LogP contribution < -0.4 is 10.0 Å². The molecule has 2 N–H and O–H groups in total. The minimum absolute atomic E-state index is 0.226. The summed E-state index contributed by atoms with van der Waals surface area (Å²) in [5.41, 5.74) is 3.84. The van der Waals surface area contributed by atoms with Crippen molar-refractivity contribution < 1.29 is 17.2 Å². The topological polar surface area (TPSA) is 92.2 Å². The van der Waals surface area contributed by atoms with E-state index >= 15 is 0 Å². The number of benzene rings is 3. The van der Waals surface area contributed by atoms with Gasteiger partial charge in [-0.1, -0.05) is 6.07 Å². The van der Waals surface area contributed by atoms with Gasteiger partial charge in [0.05, 0.1) is 5.69 Å². The molecule has 0 bridgehead atoms. The molecule has 6 rings (SSSR count). The zero-order valence-corrected chi connectivity index (χ0v) is 24.5. The SMILES string of the molecule is CN1CCC(CCn2ccc3cc(-c4cc(Nc5ccc(NS(=O)(=O)c6ccc(F)cc6F)cc5)ncn4)ccc32)CC1. The Hall–Kier alpha value is -4.35. The third-order valence-corrected chi connectivity index (χ3v) is 9.36. The smallest absolute Gasteiger partial charge is 0.264 e. The predicted molar refractivity (Wildman–Crippen MR) is 165 cm³/mol. The second-order valence-corrected chi connectivity index (χ2v) is 12.6. The Balaban J connectivity index is 1.11. The molecule has 0 aliphatic carbocycles. The number of hydrogen-bond donors (Lipinski definition) is 2. The van der Waals surface area contributed by atoms with Crippen molar-refractivity contribution in [2.75, 3.05) is 30.2 Å². The Bertz CT molecular complexity index is 1850. The monoisotopic (exact) mass is 602 g/mol. The van der Waals surface area contributed by atoms with Crippen LogP contribution in [0.4, 0.5) is 26.0 Å². The first-order chi connectivity index (χ1) is 20.7. The zero-order chi connectivity index (χ0) is 30.0. The van der Waals surface area contributed by atoms with Crippen molar-refractivity contribution in [2.45, 2.75) is 30.7 Å². The highest BCUT2D eigenvalue weighted by Crippen LogP contribution is 2.28. The first-order valence-corrected chi connectivity index (χ1v) is 15.7. The number of halogens is 2. The summed E-state index contributed by atoms with van der Waals surface area (Å²) in [4.78, 5) is 10.6. The molecule has 222 valence electrons. The number of piperidine rings is 1. The lowest BCUT2D eigenvalue weighted by Gasteiger charge is -2.29. The maximum atomic E-state index is 14.0. The number of nitrogens with one attached hydrogen (secondary N) is 2. The van der Waals surface area contributed by atoms with Crippen LogP contribution in [0.15, 0.2) is 90.2 Å². The van der Waals surface area contributed by atoms with Crippen molar-refractivity contribution >= 4 is 38.1 Å². The maximum absolute atomic E-state index is 14.0. The van der Waals surface area contributed by atoms with Gasteiger partial charge < -0.3 is 14.8 Å². The Morgan fingerprint density at radius 1 is 0.907 bits per heavy atom. The Morgan fingerprint density at radius 3 is 2.44 bits per heavy atom. The van der Waals surface area contributed by atoms with Crippen molar-refractivity contribution in [1.29, 1.82) is 0 Å². The van der Waals surface area contributed by atoms with Crippen molar-refractivity contribution in [3.05, 3.63) is 97.0 Å². The van der Waals surface area contributed by atoms with E-state index in [0.717, 1.165) is 41.2 Å². The summed E-state index contributed by atoms with van der Waals surface area (Å²) in [7, 11) is -2.03. The third-order valence-electron chi connectivity index (χ3n) is 7.94. The van der Waals surface area contributed by atoms with Gasteiger partial charge in [-0.15, -0.1) is 0 Å². The van der Waals surface area contributed by atoms with Gasteiger partial charge in [-0.25, -0.2) is 27.2 Å². The van der Waals surface area contributed by atoms with Crippen LogP contribution in [0.2, 0.25) is 0 Å². The molecule has 0 unspecified atom stereocenters. The van der Waals surface area contributed by atoms with E-state index in [4.69, 9.17) is 0 Å². The number of likely N-dealkylation sites (tertiary alicyclic amines) is 1. The molecule has 0 saturated carbocycles. The molecule has 1 aliphatic heterocycles. The van der Waals surface area contributed by atoms with Gasteiger partial charge in [-0.05, 0) is 99.9 Å². The molecule has 8 nitrogen and oxygen atoms in total. The Labute approximate surface area is 249 Å². The van der Waals surface area contributed by atoms with Gasteiger partial charge in [0.15, 0.2) is 0 Å². The molecule has 5 aromatic rings. The van der Waals surface area contributed by atoms with Crippen LogP contribution in [0.3, 0.4) is 0 Å². The fourth-order valence-electron chi connectivity index (χ4n) is 5.48. The van der Waals surface area contributed by atoms with E-state index in [9.17, 15) is 17.2 Å². The van der Waals surface area contributed by atoms with E-state index in [0.29, 0.717) is 17.6 Å². The summed E-state index contributed by atoms with van der Waals surface area (Å²) >= 11 is 0. The number of rotatable bonds is 9. The van der Waals surface area contributed by atoms with Crippen LogP contribution in [-0.2, 0) is 16.6 Å². The Kier molecular flexibility index (Phi) is 8.09. The predicted octanol–water partition coefficient (Wildman–Crippen LogP) is 6.65. The lowest BCUT2D eigenvalue weighted by molar-refractivity contribution is 0.208. The second-order valence-electron chi connectivity index (χ2n) is 11.0. The molecule has 3 aromatic carbocycles. The van der Waals surface area contributed by atoms with Gasteiger partial charge in [0.2, 0.25) is 0 Å². The molecule has 1 saturated heterocycles. The van der Waals surface area contributed by atoms with Crippen LogP contribution >= 0.6 is 0 Å². The molecule has 0 amide bonds. The van der Waals surface area contributed by atoms with Crippen molar-refractivity contribution in [3.63, 3.8) is 0 Å². The quantitative estimate of drug-likeness (QED) is 0.196. The summed E-state index contributed by atoms with van der Waals surface area (Å²) in [5, 5.41) is 4.37. The van der Waals surface area contributed by atoms with E-state index in [1.165, 1.54) is 56.3 Å². The highest BCUT2D eigenvalue weighted by Gasteiger charge is 2.20. The third kappa shape index (κ3) is 6.68. The van der Waals surface area contributed by atoms with E-state index in [1.807, 2.05) is 6.07 Å². The van der Waals surface area contributed by atoms with Crippen LogP contribution in [0.25, 0.3) is 22.2 Å². The number of aryl methyl sites for hydroxylation is 1. The van der Waals surface area contributed by atoms with Gasteiger partial charge in [0, 0.05) is 52.7 Å². The second kappa shape index (κ2) is 12.1. The number of aromatic nitrogens is 3. The summed E-state index contributed by atoms with van der Waals surface area (Å²) in [6.07, 6.45) is 7.39. The number of sulfonamides is 1. The standard InChI is InChI=1S/C32H32F2N6O2S/c1-39-14-10-22(11-15-39)12-16-40-17-13-24-18-23(2-8-30(24)40)29-20-32(36-21-35-29)37-26-4-6-27(7-5-26)38-43(41,42)31-9-3-25(33)19-28(31)34/h2-9,13,17-22,38H,10-12,14-16H2,1H3,(H,35,36,37). The number of anilines is 3. The van der Waals surface area contributed by atoms with Crippen LogP contribution in [0.1, 0.15) is 19.3 Å². The van der Waals surface area contributed by atoms with Crippen LogP contribution in [-0.4, -0.2) is 48.0 Å². The summed E-state index contributed by atoms with van der Waals surface area (Å²) in [6.45, 7) is 3.39. The fourth-order valence-corrected chi connectivity index (χ4v) is 6.60. The van der Waals surface area contributed by atoms with Crippen molar-refractivity contribution in [2.24, 2.45) is 5.92 Å². The molecular formula is C32H32F2N6O2S. The van der Waals surface area contributed by atoms with Gasteiger partial charge >= 0.3 is 0 Å². The molecule has 0 spiro atoms. The molecule has 0 radical (unpaired) electrons. The van der Waals surface area contributed by atoms with Crippen molar-refractivity contribution in [3.8, 4) is 11.3 Å². The summed E-state index contributed by atoms with van der Waals surface area (Å²) in [6, 6.07) is 19.1. The molecule has 43 heavy (non-hydrogen) atoms. The van der Waals surface area contributed by atoms with E-state index in [-0.39, 0.29) is 5.69 Å². The first-order valence-electron chi connectivity index (χ1n) is 14.2. The Morgan fingerprint density at radius 2 is 1.67 bits per heavy atom. The average Bonchev–Trinajstić information content (AvgIpc) is 3.40. The molecule has 0 atom stereocenters. The number of nitrogens with zero attached hydrogens (tertiary/aromatic N) is 4. The first kappa shape index (κ1) is 28.8. The van der Waals surface area contributed by atoms with E-state index in [1.54, 1.807) is 12.1 Å². The fraction of sp³-hybridized carbons (Fsp3) is 0.250. The lowest BCUT2D eigenvalue weighted by Crippen LogP contribution is -2.30. The van der Waals surface area contributed by atoms with Crippen molar-refractivity contribution in [1.82, 2.24) is 19.4 Å². The molecule has 11 heteroatoms. The largest absolute Gasteiger partial charge is 0.347 e. The summed E-state index contributed by atoms with van der Waals surface area (Å²) < 4.78 is 57.0. The summed E-state index contributed by atoms with van der Waals surface area (Å²) in [5.74, 6) is -0.660. The minimum atomic E-state index is -4.23. The number of hydrogen-bond acceptors (Lipinski definition) is 6. The molecular weight excluding hydrogens is 570 g/mol. The number of fused-ring (bicyclic) bond motifs is 1. The van der Waals surface area contributed by atoms with Crippen LogP contribution in [0.5, 0.6) is 0 Å². The highest BCUT2D eigenvalue weighted by atomic mass is 32.2. The highest BCUT2D eigenvalue weighted by molar-refractivity contribution is 7.92. The van der Waals surface area contributed by atoms with Crippen LogP contribution in [0, 0.1) is 17.6 Å². The van der Waals surface area contributed by atoms with Gasteiger partial charge in [-0.3, -0.25) is 4.72 Å². The lowest BCUT2D eigenvalue weighted by atomic mass is 9.94. The molecule has 2 aromatic heterocycles. The molecule has 1 aliphatic rings. The minimum Gasteiger partial charge on any atom is -0.347 e. The maximum Gasteiger partial charge on any atom is 0.264 e. The zero-order valence-electron chi connectivity index (χ0n) is 23.7. The van der Waals surface area contributed by atoms with Gasteiger partial charge in [0.25, 0.3) is 10.0 Å². The normalized spacial score (nSPS) is 14.7. The van der Waals surface area contributed by atoms with Gasteiger partial charge in [-0.2, -0.15) is 0 Å². The molecule has 3 heterocycles. The van der Waals surface area contributed by atoms with Gasteiger partial charge in [0.1, 0.15) is 28.7 Å².